The molecule has 0 aliphatic rings. The van der Waals surface area contributed by atoms with E-state index >= 15 is 0 Å². The first-order chi connectivity index (χ1) is 9.87. The predicted molar refractivity (Wildman–Crippen MR) is 83.9 cm³/mol. The van der Waals surface area contributed by atoms with E-state index in [1.165, 1.54) is 11.4 Å². The maximum atomic E-state index is 12.8. The van der Waals surface area contributed by atoms with Crippen LogP contribution >= 0.6 is 0 Å². The zero-order chi connectivity index (χ0) is 15.6. The number of hydrogen-bond donors (Lipinski definition) is 1. The number of anilines is 1. The largest absolute Gasteiger partial charge is 0.392 e. The van der Waals surface area contributed by atoms with E-state index in [1.807, 2.05) is 13.0 Å². The van der Waals surface area contributed by atoms with Gasteiger partial charge in [0.25, 0.3) is 10.0 Å². The molecular weight excluding hydrogens is 286 g/mol. The summed E-state index contributed by atoms with van der Waals surface area (Å²) in [5.74, 6) is 0. The molecule has 5 heteroatoms. The standard InChI is InChI=1S/C16H19NO3S/c1-12-9-13(2)16(10-14(12)11-18)21(19,20)17(3)15-7-5-4-6-8-15/h4-10,18H,11H2,1-3H3. The molecule has 21 heavy (non-hydrogen) atoms. The minimum Gasteiger partial charge on any atom is -0.392 e. The van der Waals surface area contributed by atoms with Crippen molar-refractivity contribution in [3.8, 4) is 0 Å². The Balaban J connectivity index is 2.54. The van der Waals surface area contributed by atoms with Crippen molar-refractivity contribution in [2.45, 2.75) is 25.3 Å². The van der Waals surface area contributed by atoms with Crippen molar-refractivity contribution in [2.75, 3.05) is 11.4 Å². The van der Waals surface area contributed by atoms with Gasteiger partial charge in [0.15, 0.2) is 0 Å². The number of para-hydroxylation sites is 1. The SMILES string of the molecule is Cc1cc(C)c(S(=O)(=O)N(C)c2ccccc2)cc1CO. The van der Waals surface area contributed by atoms with E-state index in [4.69, 9.17) is 0 Å². The summed E-state index contributed by atoms with van der Waals surface area (Å²) in [6.07, 6.45) is 0. The van der Waals surface area contributed by atoms with Crippen LogP contribution in [0.5, 0.6) is 0 Å². The summed E-state index contributed by atoms with van der Waals surface area (Å²) >= 11 is 0. The van der Waals surface area contributed by atoms with E-state index in [-0.39, 0.29) is 11.5 Å². The lowest BCUT2D eigenvalue weighted by Gasteiger charge is -2.21. The van der Waals surface area contributed by atoms with Crippen molar-refractivity contribution in [1.29, 1.82) is 0 Å². The van der Waals surface area contributed by atoms with Gasteiger partial charge in [0.2, 0.25) is 0 Å². The first kappa shape index (κ1) is 15.5. The molecule has 2 aromatic carbocycles. The molecule has 0 unspecified atom stereocenters. The quantitative estimate of drug-likeness (QED) is 0.944. The van der Waals surface area contributed by atoms with Gasteiger partial charge in [0.05, 0.1) is 17.2 Å². The Hall–Kier alpha value is -1.85. The smallest absolute Gasteiger partial charge is 0.264 e. The number of nitrogens with zero attached hydrogens (tertiary/aromatic N) is 1. The first-order valence-electron chi connectivity index (χ1n) is 6.63. The molecule has 0 radical (unpaired) electrons. The maximum absolute atomic E-state index is 12.8. The molecule has 0 atom stereocenters. The van der Waals surface area contributed by atoms with Crippen LogP contribution in [-0.4, -0.2) is 20.6 Å². The molecule has 0 aromatic heterocycles. The number of aliphatic hydroxyl groups excluding tert-OH is 1. The number of hydrogen-bond acceptors (Lipinski definition) is 3. The van der Waals surface area contributed by atoms with Crippen molar-refractivity contribution in [2.24, 2.45) is 0 Å². The van der Waals surface area contributed by atoms with E-state index in [2.05, 4.69) is 0 Å². The highest BCUT2D eigenvalue weighted by atomic mass is 32.2. The zero-order valence-corrected chi connectivity index (χ0v) is 13.2. The van der Waals surface area contributed by atoms with Gasteiger partial charge in [-0.2, -0.15) is 0 Å². The van der Waals surface area contributed by atoms with Gasteiger partial charge >= 0.3 is 0 Å². The average molecular weight is 305 g/mol. The molecule has 112 valence electrons. The Kier molecular flexibility index (Phi) is 4.34. The van der Waals surface area contributed by atoms with Crippen LogP contribution < -0.4 is 4.31 Å². The van der Waals surface area contributed by atoms with Crippen molar-refractivity contribution < 1.29 is 13.5 Å². The molecular formula is C16H19NO3S. The Bertz CT molecular complexity index is 740. The van der Waals surface area contributed by atoms with E-state index in [1.54, 1.807) is 43.3 Å². The summed E-state index contributed by atoms with van der Waals surface area (Å²) in [5.41, 5.74) is 2.78. The lowest BCUT2D eigenvalue weighted by molar-refractivity contribution is 0.280. The second-order valence-corrected chi connectivity index (χ2v) is 6.95. The summed E-state index contributed by atoms with van der Waals surface area (Å²) in [6, 6.07) is 12.3. The van der Waals surface area contributed by atoms with Gasteiger partial charge < -0.3 is 5.11 Å². The van der Waals surface area contributed by atoms with Gasteiger partial charge in [-0.15, -0.1) is 0 Å². The number of sulfonamides is 1. The van der Waals surface area contributed by atoms with Crippen LogP contribution in [0.25, 0.3) is 0 Å². The normalized spacial score (nSPS) is 11.4. The van der Waals surface area contributed by atoms with E-state index in [0.717, 1.165) is 5.56 Å². The number of rotatable bonds is 4. The molecule has 1 N–H and O–H groups in total. The van der Waals surface area contributed by atoms with Gasteiger partial charge in [-0.3, -0.25) is 4.31 Å². The molecule has 0 bridgehead atoms. The van der Waals surface area contributed by atoms with E-state index in [0.29, 0.717) is 16.8 Å². The van der Waals surface area contributed by atoms with Gasteiger partial charge in [0.1, 0.15) is 0 Å². The highest BCUT2D eigenvalue weighted by Gasteiger charge is 2.24. The van der Waals surface area contributed by atoms with Crippen molar-refractivity contribution in [1.82, 2.24) is 0 Å². The first-order valence-corrected chi connectivity index (χ1v) is 8.07. The van der Waals surface area contributed by atoms with Gasteiger partial charge in [-0.1, -0.05) is 24.3 Å². The van der Waals surface area contributed by atoms with Crippen LogP contribution in [0.2, 0.25) is 0 Å². The van der Waals surface area contributed by atoms with Crippen molar-refractivity contribution in [3.05, 3.63) is 59.2 Å². The lowest BCUT2D eigenvalue weighted by atomic mass is 10.1. The third kappa shape index (κ3) is 2.94. The topological polar surface area (TPSA) is 57.6 Å². The van der Waals surface area contributed by atoms with Gasteiger partial charge in [0, 0.05) is 7.05 Å². The molecule has 0 aliphatic carbocycles. The second kappa shape index (κ2) is 5.87. The molecule has 2 aromatic rings. The molecule has 4 nitrogen and oxygen atoms in total. The van der Waals surface area contributed by atoms with Crippen LogP contribution in [0.15, 0.2) is 47.4 Å². The fraction of sp³-hybridized carbons (Fsp3) is 0.250. The minimum atomic E-state index is -3.65. The molecule has 2 rings (SSSR count). The average Bonchev–Trinajstić information content (AvgIpc) is 2.47. The van der Waals surface area contributed by atoms with E-state index < -0.39 is 10.0 Å². The summed E-state index contributed by atoms with van der Waals surface area (Å²) in [5, 5.41) is 9.35. The highest BCUT2D eigenvalue weighted by molar-refractivity contribution is 7.92. The third-order valence-corrected chi connectivity index (χ3v) is 5.49. The fourth-order valence-electron chi connectivity index (χ4n) is 2.25. The summed E-state index contributed by atoms with van der Waals surface area (Å²) in [4.78, 5) is 0.225. The highest BCUT2D eigenvalue weighted by Crippen LogP contribution is 2.26. The molecule has 0 spiro atoms. The molecule has 0 heterocycles. The molecule has 0 saturated carbocycles. The number of aliphatic hydroxyl groups is 1. The lowest BCUT2D eigenvalue weighted by Crippen LogP contribution is -2.27. The van der Waals surface area contributed by atoms with Crippen LogP contribution in [0.4, 0.5) is 5.69 Å². The summed E-state index contributed by atoms with van der Waals surface area (Å²) in [7, 11) is -2.12. The molecule has 0 aliphatic heterocycles. The Morgan fingerprint density at radius 1 is 1.05 bits per heavy atom. The zero-order valence-electron chi connectivity index (χ0n) is 12.4. The number of aryl methyl sites for hydroxylation is 2. The Labute approximate surface area is 125 Å². The summed E-state index contributed by atoms with van der Waals surface area (Å²) in [6.45, 7) is 3.44. The van der Waals surface area contributed by atoms with Crippen LogP contribution in [0.1, 0.15) is 16.7 Å². The molecule has 0 fully saturated rings. The number of benzene rings is 2. The van der Waals surface area contributed by atoms with Crippen molar-refractivity contribution in [3.63, 3.8) is 0 Å². The minimum absolute atomic E-state index is 0.177. The second-order valence-electron chi connectivity index (χ2n) is 5.01. The van der Waals surface area contributed by atoms with Gasteiger partial charge in [-0.25, -0.2) is 8.42 Å². The van der Waals surface area contributed by atoms with Crippen LogP contribution in [0.3, 0.4) is 0 Å². The summed E-state index contributed by atoms with van der Waals surface area (Å²) < 4.78 is 26.8. The molecule has 0 saturated heterocycles. The Morgan fingerprint density at radius 2 is 1.67 bits per heavy atom. The van der Waals surface area contributed by atoms with Gasteiger partial charge in [-0.05, 0) is 48.7 Å². The van der Waals surface area contributed by atoms with Crippen LogP contribution in [-0.2, 0) is 16.6 Å². The monoisotopic (exact) mass is 305 g/mol. The predicted octanol–water partition coefficient (Wildman–Crippen LogP) is 2.62. The van der Waals surface area contributed by atoms with Crippen LogP contribution in [0, 0.1) is 13.8 Å². The van der Waals surface area contributed by atoms with E-state index in [9.17, 15) is 13.5 Å². The van der Waals surface area contributed by atoms with Crippen molar-refractivity contribution >= 4 is 15.7 Å². The third-order valence-electron chi connectivity index (χ3n) is 3.56. The molecule has 0 amide bonds. The Morgan fingerprint density at radius 3 is 2.24 bits per heavy atom. The maximum Gasteiger partial charge on any atom is 0.264 e. The fourth-order valence-corrected chi connectivity index (χ4v) is 3.70.